The fourth-order valence-corrected chi connectivity index (χ4v) is 1.76. The van der Waals surface area contributed by atoms with Crippen LogP contribution in [0.4, 0.5) is 0 Å². The third kappa shape index (κ3) is 2.17. The zero-order valence-corrected chi connectivity index (χ0v) is 8.07. The van der Waals surface area contributed by atoms with Gasteiger partial charge in [0.2, 0.25) is 0 Å². The monoisotopic (exact) mass is 180 g/mol. The van der Waals surface area contributed by atoms with Gasteiger partial charge in [0, 0.05) is 31.0 Å². The van der Waals surface area contributed by atoms with Gasteiger partial charge < -0.3 is 4.74 Å². The lowest BCUT2D eigenvalue weighted by atomic mass is 10.1. The summed E-state index contributed by atoms with van der Waals surface area (Å²) < 4.78 is 5.31. The molecule has 0 aromatic heterocycles. The van der Waals surface area contributed by atoms with E-state index in [4.69, 9.17) is 4.74 Å². The SMILES string of the molecule is CC1=CCC(N2CCOCC2)C=N1. The summed E-state index contributed by atoms with van der Waals surface area (Å²) in [5, 5.41) is 0. The summed E-state index contributed by atoms with van der Waals surface area (Å²) in [7, 11) is 0. The van der Waals surface area contributed by atoms with Gasteiger partial charge in [-0.25, -0.2) is 0 Å². The van der Waals surface area contributed by atoms with Crippen molar-refractivity contribution in [2.75, 3.05) is 26.3 Å². The molecule has 1 atom stereocenters. The smallest absolute Gasteiger partial charge is 0.0594 e. The molecule has 2 rings (SSSR count). The van der Waals surface area contributed by atoms with Crippen LogP contribution in [0.1, 0.15) is 13.3 Å². The minimum atomic E-state index is 0.507. The highest BCUT2D eigenvalue weighted by Gasteiger charge is 2.19. The molecule has 3 heteroatoms. The molecule has 0 aromatic carbocycles. The van der Waals surface area contributed by atoms with E-state index in [1.165, 1.54) is 0 Å². The first-order valence-electron chi connectivity index (χ1n) is 4.89. The van der Waals surface area contributed by atoms with Gasteiger partial charge in [0.05, 0.1) is 13.2 Å². The lowest BCUT2D eigenvalue weighted by Gasteiger charge is -2.32. The van der Waals surface area contributed by atoms with E-state index in [1.54, 1.807) is 0 Å². The second-order valence-corrected chi connectivity index (χ2v) is 3.58. The molecule has 0 radical (unpaired) electrons. The van der Waals surface area contributed by atoms with Crippen LogP contribution in [0.3, 0.4) is 0 Å². The molecule has 0 N–H and O–H groups in total. The van der Waals surface area contributed by atoms with E-state index in [1.807, 2.05) is 6.92 Å². The van der Waals surface area contributed by atoms with Gasteiger partial charge >= 0.3 is 0 Å². The van der Waals surface area contributed by atoms with Gasteiger partial charge in [0.25, 0.3) is 0 Å². The molecular weight excluding hydrogens is 164 g/mol. The van der Waals surface area contributed by atoms with E-state index in [2.05, 4.69) is 22.2 Å². The van der Waals surface area contributed by atoms with Crippen LogP contribution in [0, 0.1) is 0 Å². The maximum atomic E-state index is 5.31. The molecule has 0 saturated carbocycles. The average Bonchev–Trinajstić information content (AvgIpc) is 2.20. The largest absolute Gasteiger partial charge is 0.379 e. The zero-order valence-electron chi connectivity index (χ0n) is 8.07. The second-order valence-electron chi connectivity index (χ2n) is 3.58. The minimum absolute atomic E-state index is 0.507. The number of rotatable bonds is 1. The summed E-state index contributed by atoms with van der Waals surface area (Å²) in [6.07, 6.45) is 5.39. The van der Waals surface area contributed by atoms with E-state index in [0.717, 1.165) is 38.4 Å². The molecule has 0 aromatic rings. The summed E-state index contributed by atoms with van der Waals surface area (Å²) in [4.78, 5) is 6.78. The normalized spacial score (nSPS) is 30.2. The van der Waals surface area contributed by atoms with Crippen molar-refractivity contribution in [2.24, 2.45) is 4.99 Å². The van der Waals surface area contributed by atoms with Crippen molar-refractivity contribution in [1.29, 1.82) is 0 Å². The van der Waals surface area contributed by atoms with Crippen LogP contribution in [0.2, 0.25) is 0 Å². The number of nitrogens with zero attached hydrogens (tertiary/aromatic N) is 2. The molecular formula is C10H16N2O. The maximum Gasteiger partial charge on any atom is 0.0594 e. The van der Waals surface area contributed by atoms with Crippen LogP contribution >= 0.6 is 0 Å². The summed E-state index contributed by atoms with van der Waals surface area (Å²) in [5.74, 6) is 0. The molecule has 0 spiro atoms. The fraction of sp³-hybridized carbons (Fsp3) is 0.700. The van der Waals surface area contributed by atoms with Gasteiger partial charge in [-0.15, -0.1) is 0 Å². The minimum Gasteiger partial charge on any atom is -0.379 e. The van der Waals surface area contributed by atoms with E-state index in [0.29, 0.717) is 6.04 Å². The summed E-state index contributed by atoms with van der Waals surface area (Å²) >= 11 is 0. The second kappa shape index (κ2) is 4.03. The molecule has 2 heterocycles. The maximum absolute atomic E-state index is 5.31. The molecule has 1 saturated heterocycles. The van der Waals surface area contributed by atoms with Gasteiger partial charge in [-0.1, -0.05) is 6.08 Å². The van der Waals surface area contributed by atoms with Gasteiger partial charge in [-0.3, -0.25) is 9.89 Å². The topological polar surface area (TPSA) is 24.8 Å². The first-order valence-corrected chi connectivity index (χ1v) is 4.89. The predicted molar refractivity (Wildman–Crippen MR) is 53.0 cm³/mol. The van der Waals surface area contributed by atoms with Crippen molar-refractivity contribution < 1.29 is 4.74 Å². The number of hydrogen-bond donors (Lipinski definition) is 0. The van der Waals surface area contributed by atoms with Crippen LogP contribution in [0.25, 0.3) is 0 Å². The Hall–Kier alpha value is -0.670. The van der Waals surface area contributed by atoms with Crippen molar-refractivity contribution in [3.63, 3.8) is 0 Å². The van der Waals surface area contributed by atoms with E-state index in [9.17, 15) is 0 Å². The highest BCUT2D eigenvalue weighted by molar-refractivity contribution is 5.67. The van der Waals surface area contributed by atoms with Crippen LogP contribution in [-0.4, -0.2) is 43.5 Å². The highest BCUT2D eigenvalue weighted by Crippen LogP contribution is 2.12. The molecule has 1 fully saturated rings. The Kier molecular flexibility index (Phi) is 2.76. The average molecular weight is 180 g/mol. The van der Waals surface area contributed by atoms with Gasteiger partial charge in [0.1, 0.15) is 0 Å². The van der Waals surface area contributed by atoms with Crippen molar-refractivity contribution in [1.82, 2.24) is 4.90 Å². The van der Waals surface area contributed by atoms with Gasteiger partial charge in [-0.2, -0.15) is 0 Å². The first-order chi connectivity index (χ1) is 6.36. The van der Waals surface area contributed by atoms with Crippen LogP contribution in [0.5, 0.6) is 0 Å². The Morgan fingerprint density at radius 3 is 2.85 bits per heavy atom. The summed E-state index contributed by atoms with van der Waals surface area (Å²) in [6, 6.07) is 0.507. The molecule has 13 heavy (non-hydrogen) atoms. The lowest BCUT2D eigenvalue weighted by molar-refractivity contribution is 0.0299. The predicted octanol–water partition coefficient (Wildman–Crippen LogP) is 1.07. The Morgan fingerprint density at radius 2 is 2.23 bits per heavy atom. The molecule has 2 aliphatic heterocycles. The van der Waals surface area contributed by atoms with Crippen molar-refractivity contribution in [2.45, 2.75) is 19.4 Å². The van der Waals surface area contributed by atoms with Crippen molar-refractivity contribution >= 4 is 6.21 Å². The van der Waals surface area contributed by atoms with E-state index >= 15 is 0 Å². The highest BCUT2D eigenvalue weighted by atomic mass is 16.5. The fourth-order valence-electron chi connectivity index (χ4n) is 1.76. The van der Waals surface area contributed by atoms with Crippen LogP contribution in [-0.2, 0) is 4.74 Å². The zero-order chi connectivity index (χ0) is 9.10. The van der Waals surface area contributed by atoms with E-state index in [-0.39, 0.29) is 0 Å². The summed E-state index contributed by atoms with van der Waals surface area (Å²) in [5.41, 5.74) is 1.14. The molecule has 3 nitrogen and oxygen atoms in total. The molecule has 0 amide bonds. The Morgan fingerprint density at radius 1 is 1.46 bits per heavy atom. The standard InChI is InChI=1S/C10H16N2O/c1-9-2-3-10(8-11-9)12-4-6-13-7-5-12/h2,8,10H,3-7H2,1H3. The molecule has 72 valence electrons. The Balaban J connectivity index is 1.91. The van der Waals surface area contributed by atoms with Gasteiger partial charge in [-0.05, 0) is 13.3 Å². The van der Waals surface area contributed by atoms with E-state index < -0.39 is 0 Å². The van der Waals surface area contributed by atoms with Crippen LogP contribution in [0.15, 0.2) is 16.8 Å². The van der Waals surface area contributed by atoms with Crippen molar-refractivity contribution in [3.8, 4) is 0 Å². The molecule has 1 unspecified atom stereocenters. The van der Waals surface area contributed by atoms with Crippen LogP contribution < -0.4 is 0 Å². The number of morpholine rings is 1. The quantitative estimate of drug-likeness (QED) is 0.603. The first kappa shape index (κ1) is 8.91. The number of aliphatic imine (C=N–C) groups is 1. The molecule has 0 aliphatic carbocycles. The van der Waals surface area contributed by atoms with Crippen molar-refractivity contribution in [3.05, 3.63) is 11.8 Å². The number of hydrogen-bond acceptors (Lipinski definition) is 3. The lowest BCUT2D eigenvalue weighted by Crippen LogP contribution is -2.44. The Labute approximate surface area is 79.1 Å². The molecule has 2 aliphatic rings. The number of ether oxygens (including phenoxy) is 1. The van der Waals surface area contributed by atoms with Gasteiger partial charge in [0.15, 0.2) is 0 Å². The molecule has 0 bridgehead atoms. The summed E-state index contributed by atoms with van der Waals surface area (Å²) in [6.45, 7) is 5.87. The third-order valence-electron chi connectivity index (χ3n) is 2.62. The number of allylic oxidation sites excluding steroid dienone is 1. The third-order valence-corrected chi connectivity index (χ3v) is 2.62. The Bertz CT molecular complexity index is 229.